The normalized spacial score (nSPS) is 13.7. The molecule has 23 heavy (non-hydrogen) atoms. The second kappa shape index (κ2) is 10.3. The molecule has 0 fully saturated rings. The summed E-state index contributed by atoms with van der Waals surface area (Å²) in [6.45, 7) is 12.9. The van der Waals surface area contributed by atoms with Crippen molar-refractivity contribution < 1.29 is 36.3 Å². The number of hydrogen-bond acceptors (Lipinski definition) is 8. The van der Waals surface area contributed by atoms with Crippen molar-refractivity contribution in [1.29, 1.82) is 0 Å². The fraction of sp³-hybridized carbons (Fsp3) is 1.00. The van der Waals surface area contributed by atoms with Crippen molar-refractivity contribution in [3.05, 3.63) is 0 Å². The maximum absolute atomic E-state index is 12.4. The van der Waals surface area contributed by atoms with Gasteiger partial charge < -0.3 is 0 Å². The molecule has 10 heteroatoms. The van der Waals surface area contributed by atoms with Crippen LogP contribution in [0.1, 0.15) is 55.4 Å². The third kappa shape index (κ3) is 11.4. The SMILES string of the molecule is CC(C)OP(=O)(OCOP(=O)(OC(C)C)OC(C)C)OC(C)C. The number of hydrogen-bond donors (Lipinski definition) is 0. The largest absolute Gasteiger partial charge is 0.477 e. The molecule has 0 unspecified atom stereocenters. The average Bonchev–Trinajstić information content (AvgIpc) is 2.22. The Morgan fingerprint density at radius 3 is 0.957 bits per heavy atom. The van der Waals surface area contributed by atoms with Gasteiger partial charge in [-0.15, -0.1) is 0 Å². The lowest BCUT2D eigenvalue weighted by atomic mass is 10.5. The van der Waals surface area contributed by atoms with Crippen LogP contribution in [0.15, 0.2) is 0 Å². The Morgan fingerprint density at radius 2 is 0.783 bits per heavy atom. The fourth-order valence-electron chi connectivity index (χ4n) is 1.36. The zero-order valence-electron chi connectivity index (χ0n) is 15.2. The molecule has 0 radical (unpaired) electrons. The molecule has 0 aromatic heterocycles. The van der Waals surface area contributed by atoms with E-state index in [0.29, 0.717) is 0 Å². The zero-order valence-corrected chi connectivity index (χ0v) is 17.0. The van der Waals surface area contributed by atoms with Crippen LogP contribution in [0.5, 0.6) is 0 Å². The number of phosphoric acid groups is 2. The summed E-state index contributed by atoms with van der Waals surface area (Å²) in [5, 5.41) is 0. The summed E-state index contributed by atoms with van der Waals surface area (Å²) in [7, 11) is -7.69. The molecular formula is C13H30O8P2. The first-order valence-corrected chi connectivity index (χ1v) is 10.5. The summed E-state index contributed by atoms with van der Waals surface area (Å²) >= 11 is 0. The minimum absolute atomic E-state index is 0.384. The first kappa shape index (κ1) is 23.2. The van der Waals surface area contributed by atoms with E-state index in [1.165, 1.54) is 0 Å². The third-order valence-corrected chi connectivity index (χ3v) is 5.34. The molecule has 0 saturated carbocycles. The summed E-state index contributed by atoms with van der Waals surface area (Å²) in [6, 6.07) is 0. The van der Waals surface area contributed by atoms with Gasteiger partial charge in [0, 0.05) is 0 Å². The summed E-state index contributed by atoms with van der Waals surface area (Å²) in [5.41, 5.74) is 0. The second-order valence-electron chi connectivity index (χ2n) is 5.89. The highest BCUT2D eigenvalue weighted by Crippen LogP contribution is 2.55. The van der Waals surface area contributed by atoms with Crippen LogP contribution in [0.25, 0.3) is 0 Å². The van der Waals surface area contributed by atoms with E-state index in [1.807, 2.05) is 0 Å². The summed E-state index contributed by atoms with van der Waals surface area (Å²) in [6.07, 6.45) is -1.54. The van der Waals surface area contributed by atoms with E-state index in [0.717, 1.165) is 0 Å². The van der Waals surface area contributed by atoms with E-state index in [9.17, 15) is 9.13 Å². The quantitative estimate of drug-likeness (QED) is 0.351. The van der Waals surface area contributed by atoms with E-state index < -0.39 is 22.4 Å². The van der Waals surface area contributed by atoms with Crippen molar-refractivity contribution in [2.75, 3.05) is 6.79 Å². The van der Waals surface area contributed by atoms with Crippen molar-refractivity contribution in [1.82, 2.24) is 0 Å². The molecule has 8 nitrogen and oxygen atoms in total. The van der Waals surface area contributed by atoms with Crippen LogP contribution >= 0.6 is 15.6 Å². The van der Waals surface area contributed by atoms with E-state index in [-0.39, 0.29) is 24.4 Å². The summed E-state index contributed by atoms with van der Waals surface area (Å²) in [4.78, 5) is 0. The molecule has 0 rings (SSSR count). The lowest BCUT2D eigenvalue weighted by molar-refractivity contribution is -0.00300. The molecule has 0 N–H and O–H groups in total. The maximum atomic E-state index is 12.4. The van der Waals surface area contributed by atoms with Gasteiger partial charge in [0.15, 0.2) is 6.79 Å². The average molecular weight is 376 g/mol. The van der Waals surface area contributed by atoms with E-state index in [1.54, 1.807) is 55.4 Å². The monoisotopic (exact) mass is 376 g/mol. The lowest BCUT2D eigenvalue weighted by Crippen LogP contribution is -2.14. The van der Waals surface area contributed by atoms with E-state index in [2.05, 4.69) is 0 Å². The van der Waals surface area contributed by atoms with Gasteiger partial charge in [-0.1, -0.05) is 0 Å². The minimum atomic E-state index is -3.84. The van der Waals surface area contributed by atoms with Crippen LogP contribution in [-0.4, -0.2) is 31.2 Å². The third-order valence-electron chi connectivity index (χ3n) is 1.78. The molecule has 0 aliphatic rings. The topological polar surface area (TPSA) is 89.5 Å². The van der Waals surface area contributed by atoms with Gasteiger partial charge in [-0.05, 0) is 55.4 Å². The fourth-order valence-corrected chi connectivity index (χ4v) is 4.21. The van der Waals surface area contributed by atoms with Gasteiger partial charge in [-0.3, -0.25) is 27.1 Å². The van der Waals surface area contributed by atoms with Gasteiger partial charge in [-0.25, -0.2) is 9.13 Å². The van der Waals surface area contributed by atoms with Crippen molar-refractivity contribution in [3.8, 4) is 0 Å². The molecule has 0 aromatic rings. The molecule has 0 atom stereocenters. The summed E-state index contributed by atoms with van der Waals surface area (Å²) < 4.78 is 55.8. The zero-order chi connectivity index (χ0) is 18.3. The molecule has 0 heterocycles. The van der Waals surface area contributed by atoms with E-state index >= 15 is 0 Å². The highest BCUT2D eigenvalue weighted by molar-refractivity contribution is 7.49. The minimum Gasteiger partial charge on any atom is -0.284 e. The molecule has 0 amide bonds. The maximum Gasteiger partial charge on any atom is 0.477 e. The molecular weight excluding hydrogens is 346 g/mol. The van der Waals surface area contributed by atoms with E-state index in [4.69, 9.17) is 27.1 Å². The number of rotatable bonds is 12. The highest BCUT2D eigenvalue weighted by Gasteiger charge is 2.34. The van der Waals surface area contributed by atoms with Gasteiger partial charge in [0.05, 0.1) is 24.4 Å². The molecule has 140 valence electrons. The molecule has 0 aromatic carbocycles. The predicted molar refractivity (Wildman–Crippen MR) is 87.1 cm³/mol. The van der Waals surface area contributed by atoms with Gasteiger partial charge >= 0.3 is 15.6 Å². The lowest BCUT2D eigenvalue weighted by Gasteiger charge is -2.24. The highest BCUT2D eigenvalue weighted by atomic mass is 31.2. The van der Waals surface area contributed by atoms with Gasteiger partial charge in [0.25, 0.3) is 0 Å². The molecule has 0 bridgehead atoms. The Labute approximate surface area is 139 Å². The molecule has 0 aliphatic heterocycles. The van der Waals surface area contributed by atoms with Crippen LogP contribution in [0.2, 0.25) is 0 Å². The Bertz CT molecular complexity index is 356. The van der Waals surface area contributed by atoms with Crippen molar-refractivity contribution in [2.24, 2.45) is 0 Å². The van der Waals surface area contributed by atoms with Gasteiger partial charge in [0.1, 0.15) is 0 Å². The Morgan fingerprint density at radius 1 is 0.565 bits per heavy atom. The standard InChI is InChI=1S/C13H30O8P2/c1-10(2)18-22(14,19-11(3)4)16-9-17-23(15,20-12(5)6)21-13(7)8/h10-13H,9H2,1-8H3. The molecule has 0 aliphatic carbocycles. The van der Waals surface area contributed by atoms with Crippen molar-refractivity contribution in [3.63, 3.8) is 0 Å². The Kier molecular flexibility index (Phi) is 10.4. The van der Waals surface area contributed by atoms with Gasteiger partial charge in [0.2, 0.25) is 0 Å². The first-order valence-electron chi connectivity index (χ1n) is 7.60. The van der Waals surface area contributed by atoms with Crippen LogP contribution in [0, 0.1) is 0 Å². The Balaban J connectivity index is 4.80. The Hall–Kier alpha value is 0.220. The number of phosphoric ester groups is 2. The smallest absolute Gasteiger partial charge is 0.284 e. The van der Waals surface area contributed by atoms with Crippen molar-refractivity contribution in [2.45, 2.75) is 79.8 Å². The van der Waals surface area contributed by atoms with Crippen LogP contribution in [0.3, 0.4) is 0 Å². The van der Waals surface area contributed by atoms with Gasteiger partial charge in [-0.2, -0.15) is 0 Å². The second-order valence-corrected chi connectivity index (χ2v) is 9.04. The first-order chi connectivity index (χ1) is 10.4. The molecule has 0 spiro atoms. The predicted octanol–water partition coefficient (Wildman–Crippen LogP) is 4.89. The van der Waals surface area contributed by atoms with Crippen molar-refractivity contribution >= 4 is 15.6 Å². The van der Waals surface area contributed by atoms with Crippen LogP contribution in [-0.2, 0) is 36.3 Å². The van der Waals surface area contributed by atoms with Crippen LogP contribution in [0.4, 0.5) is 0 Å². The molecule has 0 saturated heterocycles. The summed E-state index contributed by atoms with van der Waals surface area (Å²) in [5.74, 6) is 0. The van der Waals surface area contributed by atoms with Crippen LogP contribution < -0.4 is 0 Å².